The number of nitrogens with zero attached hydrogens (tertiary/aromatic N) is 2. The Hall–Kier alpha value is -3.98. The lowest BCUT2D eigenvalue weighted by Crippen LogP contribution is -2.50. The molecule has 0 radical (unpaired) electrons. The Morgan fingerprint density at radius 1 is 0.923 bits per heavy atom. The Morgan fingerprint density at radius 2 is 1.59 bits per heavy atom. The molecule has 1 aliphatic heterocycles. The molecule has 39 heavy (non-hydrogen) atoms. The van der Waals surface area contributed by atoms with E-state index in [0.717, 1.165) is 21.0 Å². The highest BCUT2D eigenvalue weighted by atomic mass is 32.2. The Kier molecular flexibility index (Phi) is 8.81. The fourth-order valence-electron chi connectivity index (χ4n) is 4.71. The number of nitrogens with one attached hydrogen (secondary N) is 1. The molecule has 3 amide bonds. The monoisotopic (exact) mass is 547 g/mol. The highest BCUT2D eigenvalue weighted by Crippen LogP contribution is 2.30. The van der Waals surface area contributed by atoms with E-state index in [1.165, 1.54) is 12.1 Å². The molecule has 3 aromatic carbocycles. The number of rotatable bonds is 11. The van der Waals surface area contributed by atoms with Crippen LogP contribution in [0.3, 0.4) is 0 Å². The van der Waals surface area contributed by atoms with Crippen molar-refractivity contribution in [2.24, 2.45) is 0 Å². The molecule has 1 aliphatic rings. The van der Waals surface area contributed by atoms with Crippen LogP contribution in [0.2, 0.25) is 0 Å². The van der Waals surface area contributed by atoms with Gasteiger partial charge in [0.05, 0.1) is 5.56 Å². The standard InChI is InChI=1S/C30H33N3O5S/c1-3-31-29(35)26(20-23-10-5-4-6-11-23)32(21-24-17-15-22(2)16-18-24)28(34)14-9-19-33-30(36)25-12-7-8-13-27(25)39(33,37)38/h4-8,10-13,15-18,26H,3,9,14,19-21H2,1-2H3,(H,31,35)/t26-/m1/s1. The number of hydrogen-bond acceptors (Lipinski definition) is 5. The predicted octanol–water partition coefficient (Wildman–Crippen LogP) is 3.70. The number of hydrogen-bond donors (Lipinski definition) is 1. The van der Waals surface area contributed by atoms with E-state index in [4.69, 9.17) is 0 Å². The van der Waals surface area contributed by atoms with Crippen molar-refractivity contribution in [3.8, 4) is 0 Å². The molecule has 0 saturated carbocycles. The molecule has 3 aromatic rings. The number of likely N-dealkylation sites (N-methyl/N-ethyl adjacent to an activating group) is 1. The third kappa shape index (κ3) is 6.37. The third-order valence-electron chi connectivity index (χ3n) is 6.76. The third-order valence-corrected chi connectivity index (χ3v) is 8.60. The number of carbonyl (C=O) groups excluding carboxylic acids is 3. The lowest BCUT2D eigenvalue weighted by atomic mass is 10.0. The van der Waals surface area contributed by atoms with Crippen LogP contribution in [-0.4, -0.2) is 54.5 Å². The van der Waals surface area contributed by atoms with Crippen molar-refractivity contribution in [2.45, 2.75) is 50.6 Å². The van der Waals surface area contributed by atoms with Gasteiger partial charge in [0.2, 0.25) is 11.8 Å². The summed E-state index contributed by atoms with van der Waals surface area (Å²) in [5.74, 6) is -1.13. The van der Waals surface area contributed by atoms with Crippen LogP contribution in [0.15, 0.2) is 83.8 Å². The van der Waals surface area contributed by atoms with Crippen LogP contribution in [0.25, 0.3) is 0 Å². The maximum Gasteiger partial charge on any atom is 0.269 e. The van der Waals surface area contributed by atoms with Crippen molar-refractivity contribution < 1.29 is 22.8 Å². The first-order valence-electron chi connectivity index (χ1n) is 13.0. The average Bonchev–Trinajstić information content (AvgIpc) is 3.13. The number of sulfonamides is 1. The maximum absolute atomic E-state index is 13.7. The van der Waals surface area contributed by atoms with Gasteiger partial charge in [-0.15, -0.1) is 0 Å². The first kappa shape index (κ1) is 28.0. The van der Waals surface area contributed by atoms with Gasteiger partial charge in [-0.3, -0.25) is 14.4 Å². The molecular weight excluding hydrogens is 514 g/mol. The summed E-state index contributed by atoms with van der Waals surface area (Å²) >= 11 is 0. The van der Waals surface area contributed by atoms with Crippen LogP contribution >= 0.6 is 0 Å². The Morgan fingerprint density at radius 3 is 2.26 bits per heavy atom. The molecule has 0 fully saturated rings. The molecule has 9 heteroatoms. The summed E-state index contributed by atoms with van der Waals surface area (Å²) in [7, 11) is -3.95. The molecule has 1 N–H and O–H groups in total. The van der Waals surface area contributed by atoms with Gasteiger partial charge in [0.25, 0.3) is 15.9 Å². The van der Waals surface area contributed by atoms with Crippen LogP contribution in [0.1, 0.15) is 46.8 Å². The van der Waals surface area contributed by atoms with Gasteiger partial charge in [-0.2, -0.15) is 0 Å². The molecule has 0 saturated heterocycles. The summed E-state index contributed by atoms with van der Waals surface area (Å²) in [6, 6.07) is 22.6. The second-order valence-electron chi connectivity index (χ2n) is 9.59. The minimum absolute atomic E-state index is 0.0125. The molecule has 8 nitrogen and oxygen atoms in total. The number of aryl methyl sites for hydroxylation is 1. The van der Waals surface area contributed by atoms with Crippen LogP contribution in [-0.2, 0) is 32.6 Å². The van der Waals surface area contributed by atoms with Crippen LogP contribution < -0.4 is 5.32 Å². The van der Waals surface area contributed by atoms with E-state index in [0.29, 0.717) is 13.0 Å². The van der Waals surface area contributed by atoms with Gasteiger partial charge in [0.15, 0.2) is 0 Å². The second kappa shape index (κ2) is 12.3. The topological polar surface area (TPSA) is 104 Å². The molecule has 0 spiro atoms. The smallest absolute Gasteiger partial charge is 0.269 e. The Labute approximate surface area is 229 Å². The van der Waals surface area contributed by atoms with Crippen molar-refractivity contribution in [2.75, 3.05) is 13.1 Å². The maximum atomic E-state index is 13.7. The average molecular weight is 548 g/mol. The number of fused-ring (bicyclic) bond motifs is 1. The molecule has 4 rings (SSSR count). The lowest BCUT2D eigenvalue weighted by molar-refractivity contribution is -0.141. The fraction of sp³-hybridized carbons (Fsp3) is 0.300. The van der Waals surface area contributed by atoms with Crippen LogP contribution in [0, 0.1) is 6.92 Å². The van der Waals surface area contributed by atoms with Crippen LogP contribution in [0.4, 0.5) is 0 Å². The SMILES string of the molecule is CCNC(=O)[C@@H](Cc1ccccc1)N(Cc1ccc(C)cc1)C(=O)CCCN1C(=O)c2ccccc2S1(=O)=O. The fourth-order valence-corrected chi connectivity index (χ4v) is 6.31. The molecule has 0 aliphatic carbocycles. The summed E-state index contributed by atoms with van der Waals surface area (Å²) in [6.45, 7) is 4.33. The van der Waals surface area contributed by atoms with E-state index in [-0.39, 0.29) is 48.2 Å². The summed E-state index contributed by atoms with van der Waals surface area (Å²) < 4.78 is 26.6. The summed E-state index contributed by atoms with van der Waals surface area (Å²) in [4.78, 5) is 41.2. The Balaban J connectivity index is 1.55. The van der Waals surface area contributed by atoms with Crippen molar-refractivity contribution in [3.63, 3.8) is 0 Å². The van der Waals surface area contributed by atoms with Crippen molar-refractivity contribution in [1.29, 1.82) is 0 Å². The van der Waals surface area contributed by atoms with E-state index in [1.807, 2.05) is 68.4 Å². The van der Waals surface area contributed by atoms with Gasteiger partial charge in [0.1, 0.15) is 10.9 Å². The van der Waals surface area contributed by atoms with Crippen molar-refractivity contribution in [1.82, 2.24) is 14.5 Å². The van der Waals surface area contributed by atoms with E-state index >= 15 is 0 Å². The van der Waals surface area contributed by atoms with E-state index < -0.39 is 22.0 Å². The van der Waals surface area contributed by atoms with E-state index in [1.54, 1.807) is 17.0 Å². The molecule has 0 unspecified atom stereocenters. The second-order valence-corrected chi connectivity index (χ2v) is 11.4. The first-order valence-corrected chi connectivity index (χ1v) is 14.5. The number of amides is 3. The van der Waals surface area contributed by atoms with Gasteiger partial charge in [-0.25, -0.2) is 12.7 Å². The van der Waals surface area contributed by atoms with E-state index in [2.05, 4.69) is 5.32 Å². The first-order chi connectivity index (χ1) is 18.7. The highest BCUT2D eigenvalue weighted by molar-refractivity contribution is 7.90. The van der Waals surface area contributed by atoms with Crippen molar-refractivity contribution in [3.05, 3.63) is 101 Å². The van der Waals surface area contributed by atoms with Gasteiger partial charge in [-0.1, -0.05) is 72.3 Å². The minimum atomic E-state index is -3.95. The Bertz CT molecular complexity index is 1440. The van der Waals surface area contributed by atoms with Gasteiger partial charge in [0, 0.05) is 32.5 Å². The zero-order chi connectivity index (χ0) is 28.0. The molecule has 1 atom stereocenters. The van der Waals surface area contributed by atoms with Crippen LogP contribution in [0.5, 0.6) is 0 Å². The minimum Gasteiger partial charge on any atom is -0.355 e. The van der Waals surface area contributed by atoms with Gasteiger partial charge < -0.3 is 10.2 Å². The summed E-state index contributed by atoms with van der Waals surface area (Å²) in [5, 5.41) is 2.86. The van der Waals surface area contributed by atoms with Gasteiger partial charge in [-0.05, 0) is 43.5 Å². The molecule has 1 heterocycles. The van der Waals surface area contributed by atoms with E-state index in [9.17, 15) is 22.8 Å². The summed E-state index contributed by atoms with van der Waals surface area (Å²) in [5.41, 5.74) is 3.02. The number of carbonyl (C=O) groups is 3. The predicted molar refractivity (Wildman–Crippen MR) is 148 cm³/mol. The molecule has 0 aromatic heterocycles. The molecule has 204 valence electrons. The number of benzene rings is 3. The zero-order valence-electron chi connectivity index (χ0n) is 22.2. The largest absolute Gasteiger partial charge is 0.355 e. The lowest BCUT2D eigenvalue weighted by Gasteiger charge is -2.31. The normalized spacial score (nSPS) is 14.5. The van der Waals surface area contributed by atoms with Crippen molar-refractivity contribution >= 4 is 27.7 Å². The summed E-state index contributed by atoms with van der Waals surface area (Å²) in [6.07, 6.45) is 0.445. The quantitative estimate of drug-likeness (QED) is 0.394. The zero-order valence-corrected chi connectivity index (χ0v) is 23.0. The molecular formula is C30H33N3O5S. The van der Waals surface area contributed by atoms with Gasteiger partial charge >= 0.3 is 0 Å². The molecule has 0 bridgehead atoms. The highest BCUT2D eigenvalue weighted by Gasteiger charge is 2.40.